The van der Waals surface area contributed by atoms with Crippen molar-refractivity contribution in [3.63, 3.8) is 0 Å². The van der Waals surface area contributed by atoms with E-state index in [-0.39, 0.29) is 18.8 Å². The van der Waals surface area contributed by atoms with Crippen LogP contribution < -0.4 is 16.4 Å². The molecule has 0 fully saturated rings. The van der Waals surface area contributed by atoms with Crippen LogP contribution in [0.2, 0.25) is 0 Å². The van der Waals surface area contributed by atoms with Gasteiger partial charge in [0.2, 0.25) is 11.8 Å². The summed E-state index contributed by atoms with van der Waals surface area (Å²) in [5.41, 5.74) is 7.48. The first-order chi connectivity index (χ1) is 13.8. The number of nitrogens with two attached hydrogens (primary N) is 1. The molecular weight excluding hydrogens is 374 g/mol. The molecule has 1 aromatic carbocycles. The molecule has 9 nitrogen and oxygen atoms in total. The maximum absolute atomic E-state index is 12.8. The van der Waals surface area contributed by atoms with Crippen LogP contribution in [0.15, 0.2) is 42.9 Å². The number of rotatable bonds is 10. The highest BCUT2D eigenvalue weighted by Crippen LogP contribution is 2.07. The Balaban J connectivity index is 2.12. The average molecular weight is 401 g/mol. The van der Waals surface area contributed by atoms with E-state index in [1.807, 2.05) is 30.3 Å². The maximum atomic E-state index is 12.8. The van der Waals surface area contributed by atoms with Crippen molar-refractivity contribution < 1.29 is 19.5 Å². The van der Waals surface area contributed by atoms with Crippen molar-refractivity contribution in [1.29, 1.82) is 0 Å². The molecule has 0 radical (unpaired) electrons. The number of aromatic amines is 1. The quantitative estimate of drug-likeness (QED) is 0.385. The van der Waals surface area contributed by atoms with Gasteiger partial charge >= 0.3 is 5.97 Å². The summed E-state index contributed by atoms with van der Waals surface area (Å²) in [7, 11) is 0. The number of aliphatic carboxylic acids is 1. The van der Waals surface area contributed by atoms with Crippen molar-refractivity contribution in [2.24, 2.45) is 11.7 Å². The summed E-state index contributed by atoms with van der Waals surface area (Å²) in [6.07, 6.45) is 3.50. The van der Waals surface area contributed by atoms with Gasteiger partial charge in [-0.15, -0.1) is 0 Å². The van der Waals surface area contributed by atoms with Crippen molar-refractivity contribution in [2.75, 3.05) is 0 Å². The van der Waals surface area contributed by atoms with E-state index in [0.29, 0.717) is 5.69 Å². The van der Waals surface area contributed by atoms with Crippen molar-refractivity contribution in [1.82, 2.24) is 20.6 Å². The van der Waals surface area contributed by atoms with Gasteiger partial charge in [-0.25, -0.2) is 9.78 Å². The number of benzene rings is 1. The summed E-state index contributed by atoms with van der Waals surface area (Å²) in [4.78, 5) is 43.5. The number of imidazole rings is 1. The zero-order chi connectivity index (χ0) is 21.4. The van der Waals surface area contributed by atoms with Gasteiger partial charge in [-0.2, -0.15) is 0 Å². The van der Waals surface area contributed by atoms with E-state index < -0.39 is 35.9 Å². The number of H-pyrrole nitrogens is 1. The summed E-state index contributed by atoms with van der Waals surface area (Å²) in [6.45, 7) is 3.40. The Bertz CT molecular complexity index is 808. The van der Waals surface area contributed by atoms with Gasteiger partial charge in [-0.05, 0) is 11.5 Å². The minimum absolute atomic E-state index is 0.208. The van der Waals surface area contributed by atoms with Crippen LogP contribution in [0.5, 0.6) is 0 Å². The first kappa shape index (κ1) is 22.1. The summed E-state index contributed by atoms with van der Waals surface area (Å²) in [6, 6.07) is 6.24. The number of aromatic nitrogens is 2. The Labute approximate surface area is 169 Å². The van der Waals surface area contributed by atoms with Crippen LogP contribution in [-0.2, 0) is 27.2 Å². The van der Waals surface area contributed by atoms with Crippen LogP contribution >= 0.6 is 0 Å². The maximum Gasteiger partial charge on any atom is 0.326 e. The Kier molecular flexibility index (Phi) is 7.90. The molecule has 0 aliphatic rings. The lowest BCUT2D eigenvalue weighted by molar-refractivity contribution is -0.143. The van der Waals surface area contributed by atoms with E-state index in [4.69, 9.17) is 5.73 Å². The van der Waals surface area contributed by atoms with Crippen molar-refractivity contribution in [3.05, 3.63) is 54.1 Å². The Morgan fingerprint density at radius 2 is 1.79 bits per heavy atom. The highest BCUT2D eigenvalue weighted by Gasteiger charge is 2.29. The minimum Gasteiger partial charge on any atom is -0.480 e. The topological polar surface area (TPSA) is 150 Å². The predicted molar refractivity (Wildman–Crippen MR) is 107 cm³/mol. The second-order valence-corrected chi connectivity index (χ2v) is 7.21. The van der Waals surface area contributed by atoms with E-state index in [1.165, 1.54) is 6.33 Å². The zero-order valence-electron chi connectivity index (χ0n) is 16.5. The molecule has 1 aromatic heterocycles. The lowest BCUT2D eigenvalue weighted by Gasteiger charge is -2.24. The van der Waals surface area contributed by atoms with Gasteiger partial charge in [0.25, 0.3) is 0 Å². The van der Waals surface area contributed by atoms with Gasteiger partial charge in [0.1, 0.15) is 12.1 Å². The predicted octanol–water partition coefficient (Wildman–Crippen LogP) is 0.232. The molecule has 156 valence electrons. The van der Waals surface area contributed by atoms with Crippen LogP contribution in [0.25, 0.3) is 0 Å². The largest absolute Gasteiger partial charge is 0.480 e. The molecule has 3 atom stereocenters. The average Bonchev–Trinajstić information content (AvgIpc) is 3.18. The number of hydrogen-bond acceptors (Lipinski definition) is 5. The van der Waals surface area contributed by atoms with Crippen LogP contribution in [0, 0.1) is 5.92 Å². The molecule has 0 spiro atoms. The second-order valence-electron chi connectivity index (χ2n) is 7.21. The number of carbonyl (C=O) groups is 3. The Hall–Kier alpha value is -3.20. The third-order valence-corrected chi connectivity index (χ3v) is 4.48. The number of nitrogens with zero attached hydrogens (tertiary/aromatic N) is 1. The third kappa shape index (κ3) is 6.72. The minimum atomic E-state index is -1.13. The van der Waals surface area contributed by atoms with E-state index >= 15 is 0 Å². The number of nitrogens with one attached hydrogen (secondary N) is 3. The zero-order valence-corrected chi connectivity index (χ0v) is 16.5. The Morgan fingerprint density at radius 3 is 2.34 bits per heavy atom. The molecule has 1 heterocycles. The van der Waals surface area contributed by atoms with Crippen molar-refractivity contribution in [3.8, 4) is 0 Å². The summed E-state index contributed by atoms with van der Waals surface area (Å²) < 4.78 is 0. The summed E-state index contributed by atoms with van der Waals surface area (Å²) in [5.74, 6) is -2.52. The lowest BCUT2D eigenvalue weighted by atomic mass is 10.0. The first-order valence-corrected chi connectivity index (χ1v) is 9.38. The monoisotopic (exact) mass is 401 g/mol. The molecule has 0 aliphatic heterocycles. The van der Waals surface area contributed by atoms with Crippen molar-refractivity contribution >= 4 is 17.8 Å². The first-order valence-electron chi connectivity index (χ1n) is 9.38. The van der Waals surface area contributed by atoms with E-state index in [0.717, 1.165) is 5.56 Å². The van der Waals surface area contributed by atoms with Gasteiger partial charge in [-0.3, -0.25) is 9.59 Å². The van der Waals surface area contributed by atoms with Crippen molar-refractivity contribution in [2.45, 2.75) is 44.8 Å². The second kappa shape index (κ2) is 10.4. The van der Waals surface area contributed by atoms with Gasteiger partial charge in [0, 0.05) is 24.7 Å². The molecule has 0 saturated carbocycles. The summed E-state index contributed by atoms with van der Waals surface area (Å²) in [5, 5.41) is 14.5. The van der Waals surface area contributed by atoms with Crippen LogP contribution in [0.3, 0.4) is 0 Å². The van der Waals surface area contributed by atoms with Crippen LogP contribution in [0.4, 0.5) is 0 Å². The molecule has 2 amide bonds. The molecule has 0 unspecified atom stereocenters. The van der Waals surface area contributed by atoms with Crippen LogP contribution in [-0.4, -0.2) is 51.0 Å². The highest BCUT2D eigenvalue weighted by molar-refractivity contribution is 5.92. The number of carboxylic acid groups (broad SMARTS) is 1. The lowest BCUT2D eigenvalue weighted by Crippen LogP contribution is -2.56. The molecule has 2 rings (SSSR count). The molecular formula is C20H27N5O4. The van der Waals surface area contributed by atoms with E-state index in [1.54, 1.807) is 20.0 Å². The fourth-order valence-corrected chi connectivity index (χ4v) is 2.83. The Morgan fingerprint density at radius 1 is 1.10 bits per heavy atom. The smallest absolute Gasteiger partial charge is 0.326 e. The highest BCUT2D eigenvalue weighted by atomic mass is 16.4. The fraction of sp³-hybridized carbons (Fsp3) is 0.400. The summed E-state index contributed by atoms with van der Waals surface area (Å²) >= 11 is 0. The van der Waals surface area contributed by atoms with Gasteiger partial charge in [-0.1, -0.05) is 44.2 Å². The standard InChI is InChI=1S/C20H27N5O4/c1-12(2)17(20(28)29)25-19(27)16(8-13-6-4-3-5-7-13)24-18(26)15(21)9-14-10-22-11-23-14/h3-7,10-12,15-17H,8-9,21H2,1-2H3,(H,22,23)(H,24,26)(H,25,27)(H,28,29)/t15-,16-,17-/m0/s1. The number of amides is 2. The van der Waals surface area contributed by atoms with Crippen LogP contribution in [0.1, 0.15) is 25.1 Å². The third-order valence-electron chi connectivity index (χ3n) is 4.48. The van der Waals surface area contributed by atoms with E-state index in [2.05, 4.69) is 20.6 Å². The normalized spacial score (nSPS) is 14.1. The van der Waals surface area contributed by atoms with Gasteiger partial charge in [0.15, 0.2) is 0 Å². The molecule has 0 aliphatic carbocycles. The molecule has 0 bridgehead atoms. The fourth-order valence-electron chi connectivity index (χ4n) is 2.83. The molecule has 29 heavy (non-hydrogen) atoms. The van der Waals surface area contributed by atoms with E-state index in [9.17, 15) is 19.5 Å². The van der Waals surface area contributed by atoms with Gasteiger partial charge < -0.3 is 26.5 Å². The molecule has 9 heteroatoms. The number of carboxylic acids is 1. The molecule has 2 aromatic rings. The molecule has 0 saturated heterocycles. The SMILES string of the molecule is CC(C)[C@H](NC(=O)[C@H](Cc1ccccc1)NC(=O)[C@@H](N)Cc1cnc[nH]1)C(=O)O. The molecule has 6 N–H and O–H groups in total. The number of hydrogen-bond donors (Lipinski definition) is 5. The van der Waals surface area contributed by atoms with Gasteiger partial charge in [0.05, 0.1) is 12.4 Å². The number of carbonyl (C=O) groups excluding carboxylic acids is 2.